The van der Waals surface area contributed by atoms with Gasteiger partial charge in [0.15, 0.2) is 0 Å². The van der Waals surface area contributed by atoms with Crippen LogP contribution >= 0.6 is 28.6 Å². The fourth-order valence-electron chi connectivity index (χ4n) is 2.08. The lowest BCUT2D eigenvalue weighted by Crippen LogP contribution is -1.86. The van der Waals surface area contributed by atoms with Crippen molar-refractivity contribution in [3.05, 3.63) is 64.9 Å². The summed E-state index contributed by atoms with van der Waals surface area (Å²) >= 11 is 7.70. The molecule has 0 spiro atoms. The van der Waals surface area contributed by atoms with Gasteiger partial charge in [-0.05, 0) is 34.5 Å². The monoisotopic (exact) mass is 331 g/mol. The molecule has 3 aromatic rings. The highest BCUT2D eigenvalue weighted by Crippen LogP contribution is 2.31. The van der Waals surface area contributed by atoms with Crippen LogP contribution in [-0.4, -0.2) is 0 Å². The highest BCUT2D eigenvalue weighted by Gasteiger charge is 2.08. The molecule has 1 radical (unpaired) electrons. The second-order valence-corrected chi connectivity index (χ2v) is 5.61. The van der Waals surface area contributed by atoms with Crippen molar-refractivity contribution >= 4 is 39.3 Å². The first kappa shape index (κ1) is 12.7. The lowest BCUT2D eigenvalue weighted by Gasteiger charge is -2.07. The van der Waals surface area contributed by atoms with E-state index in [1.54, 1.807) is 6.07 Å². The van der Waals surface area contributed by atoms with E-state index in [0.717, 1.165) is 20.1 Å². The van der Waals surface area contributed by atoms with Gasteiger partial charge in [-0.15, -0.1) is 12.6 Å². The summed E-state index contributed by atoms with van der Waals surface area (Å²) in [6, 6.07) is 18.0. The minimum atomic E-state index is -0.270. The van der Waals surface area contributed by atoms with Crippen LogP contribution in [0.3, 0.4) is 0 Å². The molecule has 3 heteroatoms. The summed E-state index contributed by atoms with van der Waals surface area (Å²) < 4.78 is 14.7. The molecule has 0 saturated heterocycles. The van der Waals surface area contributed by atoms with Crippen LogP contribution in [0.4, 0.5) is 4.39 Å². The predicted octanol–water partition coefficient (Wildman–Crippen LogP) is 5.50. The number of fused-ring (bicyclic) bond motifs is 1. The minimum Gasteiger partial charge on any atom is -0.206 e. The minimum absolute atomic E-state index is 0.270. The van der Waals surface area contributed by atoms with Crippen LogP contribution in [0.5, 0.6) is 0 Å². The molecule has 0 unspecified atom stereocenters. The molecule has 0 aliphatic heterocycles. The first-order chi connectivity index (χ1) is 9.15. The molecule has 0 nitrogen and oxygen atoms in total. The number of thiol groups is 1. The second kappa shape index (κ2) is 4.99. The lowest BCUT2D eigenvalue weighted by molar-refractivity contribution is 0.630. The highest BCUT2D eigenvalue weighted by atomic mass is 79.9. The molecule has 0 heterocycles. The molecule has 3 aromatic carbocycles. The quantitative estimate of drug-likeness (QED) is 0.559. The van der Waals surface area contributed by atoms with Crippen molar-refractivity contribution in [2.45, 2.75) is 4.90 Å². The Labute approximate surface area is 124 Å². The van der Waals surface area contributed by atoms with Gasteiger partial charge in [0.2, 0.25) is 0 Å². The average Bonchev–Trinajstić information content (AvgIpc) is 2.38. The van der Waals surface area contributed by atoms with E-state index in [9.17, 15) is 4.39 Å². The molecule has 0 amide bonds. The van der Waals surface area contributed by atoms with Gasteiger partial charge >= 0.3 is 0 Å². The first-order valence-corrected chi connectivity index (χ1v) is 6.98. The van der Waals surface area contributed by atoms with Crippen molar-refractivity contribution in [3.63, 3.8) is 0 Å². The van der Waals surface area contributed by atoms with Gasteiger partial charge in [-0.1, -0.05) is 46.3 Å². The summed E-state index contributed by atoms with van der Waals surface area (Å²) in [4.78, 5) is 0.732. The molecule has 0 aromatic heterocycles. The Hall–Kier alpha value is -1.32. The molecule has 0 fully saturated rings. The van der Waals surface area contributed by atoms with E-state index in [1.165, 1.54) is 6.07 Å². The fraction of sp³-hybridized carbons (Fsp3) is 0. The number of halogens is 2. The summed E-state index contributed by atoms with van der Waals surface area (Å²) in [5, 5.41) is 2.05. The smallest absolute Gasteiger partial charge is 0.132 e. The van der Waals surface area contributed by atoms with Crippen molar-refractivity contribution in [1.82, 2.24) is 0 Å². The van der Waals surface area contributed by atoms with Crippen molar-refractivity contribution < 1.29 is 4.39 Å². The highest BCUT2D eigenvalue weighted by molar-refractivity contribution is 9.10. The molecule has 0 atom stereocenters. The Bertz CT molecular complexity index is 768. The van der Waals surface area contributed by atoms with E-state index >= 15 is 0 Å². The normalized spacial score (nSPS) is 10.9. The van der Waals surface area contributed by atoms with E-state index in [2.05, 4.69) is 34.6 Å². The third-order valence-electron chi connectivity index (χ3n) is 2.99. The standard InChI is InChI=1S/C16H9BrFS/c17-12-5-6-13(15(18)9-12)11-7-10-3-1-2-4-14(10)16(19)8-11/h1-7,9,19H. The molecule has 3 rings (SSSR count). The third kappa shape index (κ3) is 2.40. The lowest BCUT2D eigenvalue weighted by atomic mass is 10.0. The van der Waals surface area contributed by atoms with Crippen LogP contribution in [0.25, 0.3) is 21.9 Å². The van der Waals surface area contributed by atoms with E-state index in [4.69, 9.17) is 0 Å². The zero-order valence-corrected chi connectivity index (χ0v) is 12.3. The van der Waals surface area contributed by atoms with Crippen LogP contribution in [0.2, 0.25) is 0 Å². The van der Waals surface area contributed by atoms with E-state index < -0.39 is 0 Å². The Kier molecular flexibility index (Phi) is 3.33. The number of rotatable bonds is 1. The second-order valence-electron chi connectivity index (χ2n) is 4.24. The molecule has 0 aliphatic carbocycles. The van der Waals surface area contributed by atoms with Gasteiger partial charge in [-0.25, -0.2) is 4.39 Å². The maximum Gasteiger partial charge on any atom is 0.132 e. The first-order valence-electron chi connectivity index (χ1n) is 5.74. The predicted molar refractivity (Wildman–Crippen MR) is 83.1 cm³/mol. The Morgan fingerprint density at radius 3 is 2.63 bits per heavy atom. The van der Waals surface area contributed by atoms with Gasteiger partial charge in [-0.2, -0.15) is 0 Å². The Balaban J connectivity index is 2.25. The van der Waals surface area contributed by atoms with Gasteiger partial charge in [0.1, 0.15) is 5.82 Å². The Morgan fingerprint density at radius 1 is 1.05 bits per heavy atom. The molecule has 0 saturated carbocycles. The molecule has 0 N–H and O–H groups in total. The van der Waals surface area contributed by atoms with Crippen LogP contribution in [0.1, 0.15) is 0 Å². The van der Waals surface area contributed by atoms with Crippen molar-refractivity contribution in [3.8, 4) is 11.1 Å². The maximum absolute atomic E-state index is 14.0. The van der Waals surface area contributed by atoms with Crippen LogP contribution in [0, 0.1) is 11.9 Å². The fourth-order valence-corrected chi connectivity index (χ4v) is 2.74. The SMILES string of the molecule is Fc1cc(Br)ccc1-c1[c]c(S)c2ccccc2c1. The third-order valence-corrected chi connectivity index (χ3v) is 3.84. The van der Waals surface area contributed by atoms with Crippen LogP contribution in [0.15, 0.2) is 57.9 Å². The molecule has 0 aliphatic rings. The molecule has 19 heavy (non-hydrogen) atoms. The average molecular weight is 332 g/mol. The zero-order valence-electron chi connectivity index (χ0n) is 9.82. The zero-order chi connectivity index (χ0) is 13.4. The van der Waals surface area contributed by atoms with Gasteiger partial charge in [0, 0.05) is 21.0 Å². The van der Waals surface area contributed by atoms with Gasteiger partial charge in [0.25, 0.3) is 0 Å². The summed E-state index contributed by atoms with van der Waals surface area (Å²) in [5.74, 6) is -0.270. The molecule has 0 bridgehead atoms. The topological polar surface area (TPSA) is 0 Å². The van der Waals surface area contributed by atoms with E-state index in [1.807, 2.05) is 36.4 Å². The van der Waals surface area contributed by atoms with Crippen molar-refractivity contribution in [2.75, 3.05) is 0 Å². The summed E-state index contributed by atoms with van der Waals surface area (Å²) in [7, 11) is 0. The van der Waals surface area contributed by atoms with Crippen molar-refractivity contribution in [1.29, 1.82) is 0 Å². The Morgan fingerprint density at radius 2 is 1.84 bits per heavy atom. The van der Waals surface area contributed by atoms with Gasteiger partial charge < -0.3 is 0 Å². The van der Waals surface area contributed by atoms with E-state index in [0.29, 0.717) is 11.1 Å². The molecular weight excluding hydrogens is 323 g/mol. The number of benzene rings is 3. The number of hydrogen-bond acceptors (Lipinski definition) is 1. The summed E-state index contributed by atoms with van der Waals surface area (Å²) in [6.07, 6.45) is 0. The molecular formula is C16H9BrFS. The van der Waals surface area contributed by atoms with Crippen molar-refractivity contribution in [2.24, 2.45) is 0 Å². The summed E-state index contributed by atoms with van der Waals surface area (Å²) in [5.41, 5.74) is 1.25. The molecule has 93 valence electrons. The summed E-state index contributed by atoms with van der Waals surface area (Å²) in [6.45, 7) is 0. The van der Waals surface area contributed by atoms with Crippen LogP contribution in [-0.2, 0) is 0 Å². The van der Waals surface area contributed by atoms with Crippen LogP contribution < -0.4 is 0 Å². The van der Waals surface area contributed by atoms with Gasteiger partial charge in [0.05, 0.1) is 0 Å². The largest absolute Gasteiger partial charge is 0.206 e. The number of hydrogen-bond donors (Lipinski definition) is 1. The maximum atomic E-state index is 14.0. The van der Waals surface area contributed by atoms with E-state index in [-0.39, 0.29) is 5.82 Å². The van der Waals surface area contributed by atoms with Gasteiger partial charge in [-0.3, -0.25) is 0 Å².